The Morgan fingerprint density at radius 1 is 1.16 bits per heavy atom. The number of allylic oxidation sites excluding steroid dienone is 1. The highest BCUT2D eigenvalue weighted by Crippen LogP contribution is 2.63. The van der Waals surface area contributed by atoms with Gasteiger partial charge in [-0.2, -0.15) is 0 Å². The standard InChI is InChI=1S/C36H59BrO8/c1-18(2)22(19(3)4)14-28(40)43-32-30-20(5)11-12-24-31(23(30)17-38)27(42-34(32)41)15-25-21(6)13-26(39)33(36(24,25)10)44-29(16-37)45-35(7,8)9/h13,18-20,22-27,29-33,38-39H,11-12,14-17H2,1-10H3/t20-,23-,24?,25?,26?,27+,29?,30?,31?,32?,33+,36+/m0/s1. The second-order valence-electron chi connectivity index (χ2n) is 16.3. The Labute approximate surface area is 279 Å². The maximum absolute atomic E-state index is 13.9. The predicted octanol–water partition coefficient (Wildman–Crippen LogP) is 6.30. The van der Waals surface area contributed by atoms with E-state index in [1.165, 1.54) is 0 Å². The van der Waals surface area contributed by atoms with Crippen molar-refractivity contribution in [1.29, 1.82) is 0 Å². The number of hydrogen-bond donors (Lipinski definition) is 2. The molecule has 1 heterocycles. The minimum Gasteiger partial charge on any atom is -0.459 e. The number of hydrogen-bond acceptors (Lipinski definition) is 8. The van der Waals surface area contributed by atoms with Gasteiger partial charge in [-0.3, -0.25) is 4.79 Å². The molecule has 45 heavy (non-hydrogen) atoms. The van der Waals surface area contributed by atoms with Crippen LogP contribution in [-0.2, 0) is 28.5 Å². The van der Waals surface area contributed by atoms with E-state index < -0.39 is 47.7 Å². The zero-order valence-corrected chi connectivity index (χ0v) is 30.7. The molecule has 4 rings (SSSR count). The van der Waals surface area contributed by atoms with Gasteiger partial charge in [-0.25, -0.2) is 4.79 Å². The lowest BCUT2D eigenvalue weighted by Gasteiger charge is -2.60. The summed E-state index contributed by atoms with van der Waals surface area (Å²) in [4.78, 5) is 27.4. The smallest absolute Gasteiger partial charge is 0.348 e. The summed E-state index contributed by atoms with van der Waals surface area (Å²) in [5.41, 5.74) is 0.0935. The first-order valence-corrected chi connectivity index (χ1v) is 18.3. The predicted molar refractivity (Wildman–Crippen MR) is 176 cm³/mol. The molecule has 1 saturated heterocycles. The van der Waals surface area contributed by atoms with Crippen molar-refractivity contribution in [1.82, 2.24) is 0 Å². The van der Waals surface area contributed by atoms with Crippen LogP contribution in [0, 0.1) is 58.7 Å². The molecule has 4 aliphatic rings. The van der Waals surface area contributed by atoms with E-state index in [0.717, 1.165) is 18.4 Å². The van der Waals surface area contributed by atoms with Gasteiger partial charge in [0.2, 0.25) is 6.10 Å². The third kappa shape index (κ3) is 7.38. The van der Waals surface area contributed by atoms with Crippen LogP contribution in [0.25, 0.3) is 0 Å². The summed E-state index contributed by atoms with van der Waals surface area (Å²) >= 11 is 3.56. The number of esters is 2. The molecule has 0 amide bonds. The van der Waals surface area contributed by atoms with E-state index >= 15 is 0 Å². The van der Waals surface area contributed by atoms with Crippen LogP contribution in [0.4, 0.5) is 0 Å². The molecule has 9 heteroatoms. The van der Waals surface area contributed by atoms with Crippen molar-refractivity contribution >= 4 is 27.9 Å². The number of carbonyl (C=O) groups excluding carboxylic acids is 2. The summed E-state index contributed by atoms with van der Waals surface area (Å²) < 4.78 is 25.4. The Bertz CT molecular complexity index is 1080. The van der Waals surface area contributed by atoms with Gasteiger partial charge >= 0.3 is 11.9 Å². The molecule has 8 nitrogen and oxygen atoms in total. The van der Waals surface area contributed by atoms with Crippen molar-refractivity contribution in [3.8, 4) is 0 Å². The van der Waals surface area contributed by atoms with E-state index in [0.29, 0.717) is 23.6 Å². The zero-order valence-electron chi connectivity index (χ0n) is 29.1. The van der Waals surface area contributed by atoms with Crippen LogP contribution in [0.15, 0.2) is 11.6 Å². The van der Waals surface area contributed by atoms with Crippen LogP contribution in [0.3, 0.4) is 0 Å². The molecule has 0 spiro atoms. The Hall–Kier alpha value is -1.00. The number of aliphatic hydroxyl groups excluding tert-OH is 2. The summed E-state index contributed by atoms with van der Waals surface area (Å²) in [6.07, 6.45) is 0.820. The lowest BCUT2D eigenvalue weighted by atomic mass is 9.48. The highest BCUT2D eigenvalue weighted by molar-refractivity contribution is 9.09. The fraction of sp³-hybridized carbons (Fsp3) is 0.889. The van der Waals surface area contributed by atoms with E-state index in [4.69, 9.17) is 18.9 Å². The average molecular weight is 700 g/mol. The number of fused-ring (bicyclic) bond motifs is 3. The number of halogens is 1. The summed E-state index contributed by atoms with van der Waals surface area (Å²) in [7, 11) is 0. The average Bonchev–Trinajstić information content (AvgIpc) is 3.15. The van der Waals surface area contributed by atoms with Gasteiger partial charge in [0.15, 0.2) is 6.29 Å². The molecule has 1 aliphatic heterocycles. The molecular weight excluding hydrogens is 640 g/mol. The minimum absolute atomic E-state index is 0.00827. The van der Waals surface area contributed by atoms with Gasteiger partial charge in [0, 0.05) is 30.3 Å². The van der Waals surface area contributed by atoms with Gasteiger partial charge in [0.25, 0.3) is 0 Å². The molecule has 0 aromatic carbocycles. The van der Waals surface area contributed by atoms with Crippen molar-refractivity contribution in [2.24, 2.45) is 58.7 Å². The molecule has 3 aliphatic carbocycles. The van der Waals surface area contributed by atoms with E-state index in [2.05, 4.69) is 57.5 Å². The SMILES string of the molecule is CC1=CC(O)[C@@H](OC(CBr)OC(C)(C)C)[C@@]2(C)C1C[C@H]1OC(=O)C(OC(=O)CC(C(C)C)C(C)C)C3[C@H](CO)C1C2CC[C@@H]3C. The Morgan fingerprint density at radius 2 is 1.80 bits per heavy atom. The van der Waals surface area contributed by atoms with E-state index in [9.17, 15) is 19.8 Å². The first kappa shape index (κ1) is 36.8. The van der Waals surface area contributed by atoms with Gasteiger partial charge in [-0.05, 0) is 88.4 Å². The van der Waals surface area contributed by atoms with E-state index in [1.54, 1.807) is 0 Å². The molecule has 258 valence electrons. The first-order chi connectivity index (χ1) is 20.9. The molecule has 2 saturated carbocycles. The van der Waals surface area contributed by atoms with Gasteiger partial charge in [-0.15, -0.1) is 0 Å². The molecule has 0 radical (unpaired) electrons. The van der Waals surface area contributed by atoms with Crippen LogP contribution in [-0.4, -0.2) is 70.4 Å². The molecule has 12 atom stereocenters. The quantitative estimate of drug-likeness (QED) is 0.118. The Balaban J connectivity index is 1.73. The van der Waals surface area contributed by atoms with Gasteiger partial charge in [0.05, 0.1) is 23.1 Å². The van der Waals surface area contributed by atoms with E-state index in [-0.39, 0.29) is 60.4 Å². The third-order valence-electron chi connectivity index (χ3n) is 11.7. The molecule has 7 unspecified atom stereocenters. The van der Waals surface area contributed by atoms with Crippen molar-refractivity contribution in [3.63, 3.8) is 0 Å². The summed E-state index contributed by atoms with van der Waals surface area (Å²) in [6, 6.07) is 0. The third-order valence-corrected chi connectivity index (χ3v) is 12.3. The second-order valence-corrected chi connectivity index (χ2v) is 17.0. The van der Waals surface area contributed by atoms with Crippen molar-refractivity contribution < 1.29 is 38.7 Å². The number of ether oxygens (including phenoxy) is 4. The van der Waals surface area contributed by atoms with Crippen LogP contribution in [0.2, 0.25) is 0 Å². The Kier molecular flexibility index (Phi) is 11.6. The highest BCUT2D eigenvalue weighted by atomic mass is 79.9. The minimum atomic E-state index is -1.06. The lowest BCUT2D eigenvalue weighted by Crippen LogP contribution is -2.63. The second kappa shape index (κ2) is 14.2. The summed E-state index contributed by atoms with van der Waals surface area (Å²) in [5.74, 6) is -1.02. The summed E-state index contributed by atoms with van der Waals surface area (Å²) in [5, 5.41) is 23.1. The molecule has 0 aromatic heterocycles. The zero-order chi connectivity index (χ0) is 33.6. The van der Waals surface area contributed by atoms with Gasteiger partial charge < -0.3 is 29.2 Å². The monoisotopic (exact) mass is 698 g/mol. The van der Waals surface area contributed by atoms with Crippen molar-refractivity contribution in [3.05, 3.63) is 11.6 Å². The largest absolute Gasteiger partial charge is 0.459 e. The molecule has 0 aromatic rings. The maximum Gasteiger partial charge on any atom is 0.348 e. The fourth-order valence-corrected chi connectivity index (χ4v) is 10.1. The van der Waals surface area contributed by atoms with Gasteiger partial charge in [0.1, 0.15) is 6.10 Å². The Morgan fingerprint density at radius 3 is 2.36 bits per heavy atom. The van der Waals surface area contributed by atoms with Crippen molar-refractivity contribution in [2.75, 3.05) is 11.9 Å². The van der Waals surface area contributed by atoms with Crippen LogP contribution in [0.5, 0.6) is 0 Å². The normalized spacial score (nSPS) is 39.1. The molecular formula is C36H59BrO8. The van der Waals surface area contributed by atoms with E-state index in [1.807, 2.05) is 33.8 Å². The highest BCUT2D eigenvalue weighted by Gasteiger charge is 2.65. The fourth-order valence-electron chi connectivity index (χ4n) is 9.79. The first-order valence-electron chi connectivity index (χ1n) is 17.2. The maximum atomic E-state index is 13.9. The number of carbonyl (C=O) groups is 2. The number of rotatable bonds is 10. The number of aliphatic hydroxyl groups is 2. The van der Waals surface area contributed by atoms with Crippen LogP contribution >= 0.6 is 15.9 Å². The number of alkyl halides is 1. The lowest BCUT2D eigenvalue weighted by molar-refractivity contribution is -0.265. The van der Waals surface area contributed by atoms with Crippen molar-refractivity contribution in [2.45, 2.75) is 131 Å². The van der Waals surface area contributed by atoms with Crippen LogP contribution < -0.4 is 0 Å². The topological polar surface area (TPSA) is 112 Å². The molecule has 3 fully saturated rings. The van der Waals surface area contributed by atoms with Crippen LogP contribution in [0.1, 0.15) is 94.9 Å². The van der Waals surface area contributed by atoms with Gasteiger partial charge in [-0.1, -0.05) is 69.1 Å². The summed E-state index contributed by atoms with van der Waals surface area (Å²) in [6.45, 7) is 20.6. The molecule has 2 N–H and O–H groups in total. The molecule has 2 bridgehead atoms.